The SMILES string of the molecule is CC[C@@H](C)NC(=O)[C@@H](CC)N(Cc1ccccc1Cl)C(=O)CN(c1c(C)cccc1C)S(C)(=O)=O. The van der Waals surface area contributed by atoms with Gasteiger partial charge in [-0.3, -0.25) is 13.9 Å². The molecule has 192 valence electrons. The summed E-state index contributed by atoms with van der Waals surface area (Å²) in [6.07, 6.45) is 2.19. The van der Waals surface area contributed by atoms with Crippen molar-refractivity contribution in [2.75, 3.05) is 17.1 Å². The third kappa shape index (κ3) is 7.45. The van der Waals surface area contributed by atoms with E-state index in [9.17, 15) is 18.0 Å². The topological polar surface area (TPSA) is 86.8 Å². The zero-order valence-corrected chi connectivity index (χ0v) is 22.9. The van der Waals surface area contributed by atoms with Crippen LogP contribution in [0.2, 0.25) is 5.02 Å². The van der Waals surface area contributed by atoms with Gasteiger partial charge >= 0.3 is 0 Å². The van der Waals surface area contributed by atoms with Gasteiger partial charge in [0.25, 0.3) is 0 Å². The monoisotopic (exact) mass is 521 g/mol. The van der Waals surface area contributed by atoms with Gasteiger partial charge in [0.15, 0.2) is 0 Å². The first kappa shape index (κ1) is 28.7. The van der Waals surface area contributed by atoms with Gasteiger partial charge in [0.05, 0.1) is 11.9 Å². The molecule has 7 nitrogen and oxygen atoms in total. The highest BCUT2D eigenvalue weighted by atomic mass is 35.5. The fourth-order valence-corrected chi connectivity index (χ4v) is 5.11. The van der Waals surface area contributed by atoms with Crippen LogP contribution in [0.4, 0.5) is 5.69 Å². The fourth-order valence-electron chi connectivity index (χ4n) is 3.95. The molecule has 0 aliphatic rings. The molecule has 35 heavy (non-hydrogen) atoms. The molecule has 2 atom stereocenters. The van der Waals surface area contributed by atoms with Crippen molar-refractivity contribution in [2.45, 2.75) is 66.1 Å². The highest BCUT2D eigenvalue weighted by Gasteiger charge is 2.33. The predicted molar refractivity (Wildman–Crippen MR) is 142 cm³/mol. The zero-order valence-electron chi connectivity index (χ0n) is 21.3. The van der Waals surface area contributed by atoms with E-state index >= 15 is 0 Å². The number of para-hydroxylation sites is 1. The molecule has 1 N–H and O–H groups in total. The number of halogens is 1. The molecule has 2 aromatic rings. The quantitative estimate of drug-likeness (QED) is 0.473. The van der Waals surface area contributed by atoms with Crippen molar-refractivity contribution in [3.8, 4) is 0 Å². The van der Waals surface area contributed by atoms with Gasteiger partial charge in [-0.2, -0.15) is 0 Å². The zero-order chi connectivity index (χ0) is 26.3. The van der Waals surface area contributed by atoms with Crippen LogP contribution in [0.3, 0.4) is 0 Å². The molecule has 0 unspecified atom stereocenters. The lowest BCUT2D eigenvalue weighted by atomic mass is 10.1. The van der Waals surface area contributed by atoms with Crippen LogP contribution in [0.15, 0.2) is 42.5 Å². The van der Waals surface area contributed by atoms with Gasteiger partial charge in [-0.05, 0) is 56.4 Å². The minimum absolute atomic E-state index is 0.0593. The van der Waals surface area contributed by atoms with Gasteiger partial charge < -0.3 is 10.2 Å². The third-order valence-corrected chi connectivity index (χ3v) is 7.53. The van der Waals surface area contributed by atoms with Gasteiger partial charge in [0, 0.05) is 17.6 Å². The largest absolute Gasteiger partial charge is 0.352 e. The van der Waals surface area contributed by atoms with Gasteiger partial charge in [0.2, 0.25) is 21.8 Å². The van der Waals surface area contributed by atoms with Gasteiger partial charge in [0.1, 0.15) is 12.6 Å². The Morgan fingerprint density at radius 3 is 2.11 bits per heavy atom. The maximum absolute atomic E-state index is 13.8. The van der Waals surface area contributed by atoms with Crippen molar-refractivity contribution < 1.29 is 18.0 Å². The van der Waals surface area contributed by atoms with Gasteiger partial charge in [-0.25, -0.2) is 8.42 Å². The van der Waals surface area contributed by atoms with Crippen molar-refractivity contribution in [1.29, 1.82) is 0 Å². The molecular formula is C26H36ClN3O4S. The minimum Gasteiger partial charge on any atom is -0.352 e. The second-order valence-corrected chi connectivity index (χ2v) is 11.2. The summed E-state index contributed by atoms with van der Waals surface area (Å²) in [7, 11) is -3.79. The number of benzene rings is 2. The lowest BCUT2D eigenvalue weighted by molar-refractivity contribution is -0.140. The van der Waals surface area contributed by atoms with E-state index in [1.807, 2.05) is 32.9 Å². The fraction of sp³-hybridized carbons (Fsp3) is 0.462. The molecule has 2 aromatic carbocycles. The Balaban J connectivity index is 2.51. The Morgan fingerprint density at radius 2 is 1.60 bits per heavy atom. The lowest BCUT2D eigenvalue weighted by Gasteiger charge is -2.34. The Morgan fingerprint density at radius 1 is 1.00 bits per heavy atom. The third-order valence-electron chi connectivity index (χ3n) is 6.05. The lowest BCUT2D eigenvalue weighted by Crippen LogP contribution is -2.53. The number of amides is 2. The Hall–Kier alpha value is -2.58. The molecule has 0 fully saturated rings. The molecular weight excluding hydrogens is 486 g/mol. The van der Waals surface area contributed by atoms with Crippen molar-refractivity contribution in [3.63, 3.8) is 0 Å². The van der Waals surface area contributed by atoms with Crippen LogP contribution in [-0.4, -0.2) is 50.0 Å². The summed E-state index contributed by atoms with van der Waals surface area (Å²) in [5.41, 5.74) is 2.62. The first-order valence-corrected chi connectivity index (χ1v) is 14.0. The number of aryl methyl sites for hydroxylation is 2. The first-order chi connectivity index (χ1) is 16.4. The summed E-state index contributed by atoms with van der Waals surface area (Å²) in [5, 5.41) is 3.42. The van der Waals surface area contributed by atoms with Gasteiger partial charge in [-0.15, -0.1) is 0 Å². The van der Waals surface area contributed by atoms with Crippen LogP contribution < -0.4 is 9.62 Å². The number of hydrogen-bond acceptors (Lipinski definition) is 4. The second-order valence-electron chi connectivity index (χ2n) is 8.87. The summed E-state index contributed by atoms with van der Waals surface area (Å²) in [6, 6.07) is 11.7. The molecule has 0 radical (unpaired) electrons. The number of rotatable bonds is 11. The van der Waals surface area contributed by atoms with Crippen molar-refractivity contribution in [2.24, 2.45) is 0 Å². The standard InChI is InChI=1S/C26H36ClN3O4S/c1-7-20(5)28-26(32)23(8-2)29(16-21-14-9-10-15-22(21)27)24(31)17-30(35(6,33)34)25-18(3)12-11-13-19(25)4/h9-15,20,23H,7-8,16-17H2,1-6H3,(H,28,32)/t20-,23-/m1/s1. The molecule has 2 amide bonds. The smallest absolute Gasteiger partial charge is 0.244 e. The van der Waals surface area contributed by atoms with Crippen LogP contribution >= 0.6 is 11.6 Å². The second kappa shape index (κ2) is 12.4. The van der Waals surface area contributed by atoms with Gasteiger partial charge in [-0.1, -0.05) is 61.8 Å². The van der Waals surface area contributed by atoms with E-state index in [4.69, 9.17) is 11.6 Å². The highest BCUT2D eigenvalue weighted by molar-refractivity contribution is 7.92. The summed E-state index contributed by atoms with van der Waals surface area (Å²) in [5.74, 6) is -0.760. The van der Waals surface area contributed by atoms with E-state index in [-0.39, 0.29) is 18.5 Å². The summed E-state index contributed by atoms with van der Waals surface area (Å²) >= 11 is 6.38. The van der Waals surface area contributed by atoms with Crippen LogP contribution in [0.5, 0.6) is 0 Å². The summed E-state index contributed by atoms with van der Waals surface area (Å²) < 4.78 is 26.8. The van der Waals surface area contributed by atoms with Crippen molar-refractivity contribution >= 4 is 39.1 Å². The Bertz CT molecular complexity index is 1130. The number of nitrogens with zero attached hydrogens (tertiary/aromatic N) is 2. The summed E-state index contributed by atoms with van der Waals surface area (Å²) in [4.78, 5) is 28.4. The molecule has 0 saturated carbocycles. The van der Waals surface area contributed by atoms with E-state index in [0.29, 0.717) is 22.7 Å². The molecule has 0 spiro atoms. The molecule has 0 bridgehead atoms. The number of carbonyl (C=O) groups is 2. The molecule has 0 aliphatic heterocycles. The average Bonchev–Trinajstić information content (AvgIpc) is 2.78. The normalized spacial score (nSPS) is 13.1. The average molecular weight is 522 g/mol. The number of hydrogen-bond donors (Lipinski definition) is 1. The number of nitrogens with one attached hydrogen (secondary N) is 1. The Labute approximate surface area is 214 Å². The maximum atomic E-state index is 13.8. The number of anilines is 1. The molecule has 2 rings (SSSR count). The van der Waals surface area contributed by atoms with E-state index in [0.717, 1.165) is 28.1 Å². The van der Waals surface area contributed by atoms with Crippen LogP contribution in [0.1, 0.15) is 50.3 Å². The first-order valence-electron chi connectivity index (χ1n) is 11.8. The molecule has 0 heterocycles. The van der Waals surface area contributed by atoms with E-state index in [1.165, 1.54) is 4.90 Å². The van der Waals surface area contributed by atoms with E-state index < -0.39 is 28.5 Å². The van der Waals surface area contributed by atoms with Crippen molar-refractivity contribution in [1.82, 2.24) is 10.2 Å². The van der Waals surface area contributed by atoms with Crippen molar-refractivity contribution in [3.05, 3.63) is 64.2 Å². The molecule has 0 saturated heterocycles. The number of carbonyl (C=O) groups excluding carboxylic acids is 2. The van der Waals surface area contributed by atoms with Crippen LogP contribution in [0, 0.1) is 13.8 Å². The maximum Gasteiger partial charge on any atom is 0.244 e. The predicted octanol–water partition coefficient (Wildman–Crippen LogP) is 4.44. The summed E-state index contributed by atoms with van der Waals surface area (Å²) in [6.45, 7) is 8.96. The highest BCUT2D eigenvalue weighted by Crippen LogP contribution is 2.27. The molecule has 0 aliphatic carbocycles. The van der Waals surface area contributed by atoms with Crippen LogP contribution in [-0.2, 0) is 26.2 Å². The van der Waals surface area contributed by atoms with E-state index in [2.05, 4.69) is 5.32 Å². The minimum atomic E-state index is -3.79. The van der Waals surface area contributed by atoms with E-state index in [1.54, 1.807) is 44.2 Å². The number of sulfonamides is 1. The van der Waals surface area contributed by atoms with Crippen LogP contribution in [0.25, 0.3) is 0 Å². The molecule has 0 aromatic heterocycles. The molecule has 9 heteroatoms. The Kier molecular flexibility index (Phi) is 10.2.